The minimum absolute atomic E-state index is 0.104. The van der Waals surface area contributed by atoms with Crippen LogP contribution >= 0.6 is 0 Å². The van der Waals surface area contributed by atoms with E-state index in [-0.39, 0.29) is 6.10 Å². The Morgan fingerprint density at radius 3 is 2.64 bits per heavy atom. The van der Waals surface area contributed by atoms with Gasteiger partial charge in [-0.1, -0.05) is 13.0 Å². The smallest absolute Gasteiger partial charge is 0.161 e. The lowest BCUT2D eigenvalue weighted by molar-refractivity contribution is 0.207. The van der Waals surface area contributed by atoms with Gasteiger partial charge in [-0.3, -0.25) is 0 Å². The number of aromatic nitrogens is 2. The number of rotatable bonds is 6. The predicted octanol–water partition coefficient (Wildman–Crippen LogP) is 5.43. The predicted molar refractivity (Wildman–Crippen MR) is 112 cm³/mol. The molecule has 0 spiro atoms. The van der Waals surface area contributed by atoms with Crippen molar-refractivity contribution in [2.45, 2.75) is 40.2 Å². The Kier molecular flexibility index (Phi) is 5.70. The molecule has 1 heterocycles. The molecule has 5 nitrogen and oxygen atoms in total. The van der Waals surface area contributed by atoms with E-state index in [0.717, 1.165) is 23.0 Å². The fraction of sp³-hybridized carbons (Fsp3) is 0.304. The maximum Gasteiger partial charge on any atom is 0.161 e. The van der Waals surface area contributed by atoms with Crippen LogP contribution in [0.4, 0.5) is 0 Å². The normalized spacial score (nSPS) is 12.6. The standard InChI is InChI=1S/C23H25N3O2/c1-6-16(4)28-21-8-7-17(12-22(21)27-5)11-18(13-24)23-25-19-9-14(2)15(3)10-20(19)26-23/h7-12,16H,6H2,1-5H3,(H,25,26)/b18-11-/t16-/m1/s1. The quantitative estimate of drug-likeness (QED) is 0.583. The lowest BCUT2D eigenvalue weighted by Crippen LogP contribution is -2.10. The molecule has 0 aliphatic rings. The van der Waals surface area contributed by atoms with Crippen LogP contribution in [0, 0.1) is 25.2 Å². The average Bonchev–Trinajstić information content (AvgIpc) is 3.09. The summed E-state index contributed by atoms with van der Waals surface area (Å²) < 4.78 is 11.4. The van der Waals surface area contributed by atoms with Gasteiger partial charge in [0, 0.05) is 0 Å². The number of H-pyrrole nitrogens is 1. The monoisotopic (exact) mass is 375 g/mol. The van der Waals surface area contributed by atoms with Crippen molar-refractivity contribution >= 4 is 22.7 Å². The minimum atomic E-state index is 0.104. The maximum absolute atomic E-state index is 9.67. The molecule has 0 saturated carbocycles. The zero-order valence-electron chi connectivity index (χ0n) is 17.0. The number of fused-ring (bicyclic) bond motifs is 1. The lowest BCUT2D eigenvalue weighted by Gasteiger charge is -2.15. The molecule has 2 aromatic carbocycles. The van der Waals surface area contributed by atoms with Gasteiger partial charge in [0.25, 0.3) is 0 Å². The number of nitriles is 1. The summed E-state index contributed by atoms with van der Waals surface area (Å²) in [5.41, 5.74) is 5.45. The van der Waals surface area contributed by atoms with E-state index in [1.165, 1.54) is 11.1 Å². The van der Waals surface area contributed by atoms with Crippen LogP contribution in [0.15, 0.2) is 30.3 Å². The molecule has 0 unspecified atom stereocenters. The number of nitrogens with one attached hydrogen (secondary N) is 1. The van der Waals surface area contributed by atoms with E-state index in [1.54, 1.807) is 13.2 Å². The Hall–Kier alpha value is -3.26. The summed E-state index contributed by atoms with van der Waals surface area (Å²) >= 11 is 0. The van der Waals surface area contributed by atoms with E-state index in [9.17, 15) is 5.26 Å². The van der Waals surface area contributed by atoms with Crippen LogP contribution in [0.2, 0.25) is 0 Å². The molecule has 1 atom stereocenters. The molecule has 3 aromatic rings. The first-order chi connectivity index (χ1) is 13.4. The van der Waals surface area contributed by atoms with Crippen molar-refractivity contribution in [3.05, 3.63) is 52.8 Å². The first-order valence-corrected chi connectivity index (χ1v) is 9.39. The number of ether oxygens (including phenoxy) is 2. The van der Waals surface area contributed by atoms with E-state index < -0.39 is 0 Å². The molecule has 5 heteroatoms. The topological polar surface area (TPSA) is 70.9 Å². The highest BCUT2D eigenvalue weighted by Gasteiger charge is 2.12. The zero-order valence-corrected chi connectivity index (χ0v) is 17.0. The van der Waals surface area contributed by atoms with Crippen molar-refractivity contribution in [3.8, 4) is 17.6 Å². The summed E-state index contributed by atoms with van der Waals surface area (Å²) in [6, 6.07) is 12.0. The first-order valence-electron chi connectivity index (χ1n) is 9.39. The van der Waals surface area contributed by atoms with Crippen LogP contribution in [-0.4, -0.2) is 23.2 Å². The Bertz CT molecular complexity index is 1030. The van der Waals surface area contributed by atoms with Crippen LogP contribution < -0.4 is 9.47 Å². The van der Waals surface area contributed by atoms with E-state index in [4.69, 9.17) is 9.47 Å². The van der Waals surface area contributed by atoms with E-state index in [0.29, 0.717) is 22.9 Å². The molecule has 0 fully saturated rings. The van der Waals surface area contributed by atoms with Crippen molar-refractivity contribution in [2.75, 3.05) is 7.11 Å². The number of hydrogen-bond acceptors (Lipinski definition) is 4. The number of aryl methyl sites for hydroxylation is 2. The number of benzene rings is 2. The summed E-state index contributed by atoms with van der Waals surface area (Å²) in [5.74, 6) is 1.89. The summed E-state index contributed by atoms with van der Waals surface area (Å²) in [7, 11) is 1.61. The van der Waals surface area contributed by atoms with Gasteiger partial charge in [-0.25, -0.2) is 4.98 Å². The second-order valence-corrected chi connectivity index (χ2v) is 6.96. The van der Waals surface area contributed by atoms with Crippen molar-refractivity contribution in [1.29, 1.82) is 5.26 Å². The molecule has 144 valence electrons. The van der Waals surface area contributed by atoms with Crippen LogP contribution in [0.3, 0.4) is 0 Å². The van der Waals surface area contributed by atoms with Gasteiger partial charge in [0.05, 0.1) is 29.8 Å². The Morgan fingerprint density at radius 1 is 1.21 bits per heavy atom. The van der Waals surface area contributed by atoms with Crippen molar-refractivity contribution in [2.24, 2.45) is 0 Å². The summed E-state index contributed by atoms with van der Waals surface area (Å²) in [6.07, 6.45) is 2.81. The van der Waals surface area contributed by atoms with Crippen LogP contribution in [0.1, 0.15) is 42.8 Å². The molecule has 0 saturated heterocycles. The zero-order chi connectivity index (χ0) is 20.3. The van der Waals surface area contributed by atoms with Crippen LogP contribution in [-0.2, 0) is 0 Å². The van der Waals surface area contributed by atoms with Gasteiger partial charge in [-0.05, 0) is 74.2 Å². The first kappa shape index (κ1) is 19.5. The third-order valence-electron chi connectivity index (χ3n) is 4.87. The van der Waals surface area contributed by atoms with E-state index in [1.807, 2.05) is 31.2 Å². The molecule has 28 heavy (non-hydrogen) atoms. The van der Waals surface area contributed by atoms with Crippen LogP contribution in [0.5, 0.6) is 11.5 Å². The van der Waals surface area contributed by atoms with Crippen molar-refractivity contribution < 1.29 is 9.47 Å². The molecule has 0 amide bonds. The molecule has 1 aromatic heterocycles. The molecule has 0 aliphatic carbocycles. The molecule has 1 N–H and O–H groups in total. The highest BCUT2D eigenvalue weighted by atomic mass is 16.5. The molecular weight excluding hydrogens is 350 g/mol. The SMILES string of the molecule is CC[C@@H](C)Oc1ccc(/C=C(/C#N)c2nc3cc(C)c(C)cc3[nH]2)cc1OC. The van der Waals surface area contributed by atoms with Gasteiger partial charge in [-0.15, -0.1) is 0 Å². The number of methoxy groups -OCH3 is 1. The lowest BCUT2D eigenvalue weighted by atomic mass is 10.1. The molecule has 3 rings (SSSR count). The molecule has 0 radical (unpaired) electrons. The fourth-order valence-corrected chi connectivity index (χ4v) is 2.89. The van der Waals surface area contributed by atoms with Crippen molar-refractivity contribution in [3.63, 3.8) is 0 Å². The summed E-state index contributed by atoms with van der Waals surface area (Å²) in [5, 5.41) is 9.67. The van der Waals surface area contributed by atoms with Crippen LogP contribution in [0.25, 0.3) is 22.7 Å². The minimum Gasteiger partial charge on any atom is -0.493 e. The second kappa shape index (κ2) is 8.18. The largest absolute Gasteiger partial charge is 0.493 e. The Labute approximate surface area is 165 Å². The van der Waals surface area contributed by atoms with Gasteiger partial charge in [0.2, 0.25) is 0 Å². The van der Waals surface area contributed by atoms with E-state index >= 15 is 0 Å². The third kappa shape index (κ3) is 4.01. The Morgan fingerprint density at radius 2 is 1.96 bits per heavy atom. The van der Waals surface area contributed by atoms with E-state index in [2.05, 4.69) is 42.9 Å². The highest BCUT2D eigenvalue weighted by Crippen LogP contribution is 2.31. The number of nitrogens with zero attached hydrogens (tertiary/aromatic N) is 2. The van der Waals surface area contributed by atoms with Gasteiger partial charge in [0.15, 0.2) is 11.5 Å². The van der Waals surface area contributed by atoms with Gasteiger partial charge < -0.3 is 14.5 Å². The van der Waals surface area contributed by atoms with Gasteiger partial charge in [0.1, 0.15) is 11.9 Å². The Balaban J connectivity index is 1.97. The second-order valence-electron chi connectivity index (χ2n) is 6.96. The molecule has 0 bridgehead atoms. The maximum atomic E-state index is 9.67. The number of hydrogen-bond donors (Lipinski definition) is 1. The highest BCUT2D eigenvalue weighted by molar-refractivity contribution is 5.90. The molecule has 0 aliphatic heterocycles. The number of allylic oxidation sites excluding steroid dienone is 1. The number of imidazole rings is 1. The summed E-state index contributed by atoms with van der Waals surface area (Å²) in [6.45, 7) is 8.21. The van der Waals surface area contributed by atoms with Gasteiger partial charge >= 0.3 is 0 Å². The third-order valence-corrected chi connectivity index (χ3v) is 4.87. The summed E-state index contributed by atoms with van der Waals surface area (Å²) in [4.78, 5) is 7.84. The van der Waals surface area contributed by atoms with Gasteiger partial charge in [-0.2, -0.15) is 5.26 Å². The molecular formula is C23H25N3O2. The fourth-order valence-electron chi connectivity index (χ4n) is 2.89. The van der Waals surface area contributed by atoms with Crippen molar-refractivity contribution in [1.82, 2.24) is 9.97 Å². The average molecular weight is 375 g/mol. The number of aromatic amines is 1.